The van der Waals surface area contributed by atoms with Gasteiger partial charge in [0.05, 0.1) is 6.04 Å². The van der Waals surface area contributed by atoms with Gasteiger partial charge in [0, 0.05) is 33.2 Å². The van der Waals surface area contributed by atoms with E-state index >= 15 is 0 Å². The second kappa shape index (κ2) is 5.98. The van der Waals surface area contributed by atoms with Crippen molar-refractivity contribution < 1.29 is 4.79 Å². The van der Waals surface area contributed by atoms with Crippen molar-refractivity contribution in [2.45, 2.75) is 12.6 Å². The fraction of sp³-hybridized carbons (Fsp3) is 0.500. The van der Waals surface area contributed by atoms with Crippen LogP contribution >= 0.6 is 0 Å². The average molecular weight is 247 g/mol. The van der Waals surface area contributed by atoms with Gasteiger partial charge in [-0.1, -0.05) is 30.3 Å². The Morgan fingerprint density at radius 2 is 2.17 bits per heavy atom. The summed E-state index contributed by atoms with van der Waals surface area (Å²) in [6, 6.07) is 10.0. The lowest BCUT2D eigenvalue weighted by atomic mass is 10.1. The van der Waals surface area contributed by atoms with Gasteiger partial charge in [-0.15, -0.1) is 0 Å². The van der Waals surface area contributed by atoms with Crippen LogP contribution in [0.5, 0.6) is 0 Å². The summed E-state index contributed by atoms with van der Waals surface area (Å²) in [6.07, 6.45) is 0. The number of carbonyl (C=O) groups excluding carboxylic acids is 1. The van der Waals surface area contributed by atoms with Gasteiger partial charge >= 0.3 is 0 Å². The molecule has 1 heterocycles. The van der Waals surface area contributed by atoms with Gasteiger partial charge in [0.25, 0.3) is 0 Å². The minimum atomic E-state index is -0.0718. The van der Waals surface area contributed by atoms with Crippen LogP contribution in [0, 0.1) is 0 Å². The maximum absolute atomic E-state index is 12.3. The molecule has 1 fully saturated rings. The lowest BCUT2D eigenvalue weighted by Gasteiger charge is -2.32. The number of amides is 1. The molecular weight excluding hydrogens is 226 g/mol. The molecule has 1 saturated heterocycles. The average Bonchev–Trinajstić information content (AvgIpc) is 2.39. The van der Waals surface area contributed by atoms with Crippen molar-refractivity contribution in [3.8, 4) is 0 Å². The molecule has 1 aromatic carbocycles. The summed E-state index contributed by atoms with van der Waals surface area (Å²) in [5.41, 5.74) is 1.16. The van der Waals surface area contributed by atoms with Gasteiger partial charge < -0.3 is 15.1 Å². The standard InChI is InChI=1S/C14H21N3O/c1-16-9-8-15-13(11-16)14(18)17(2)10-12-6-4-3-5-7-12/h3-7,13,15H,8-11H2,1-2H3. The fourth-order valence-electron chi connectivity index (χ4n) is 2.26. The number of hydrogen-bond acceptors (Lipinski definition) is 3. The largest absolute Gasteiger partial charge is 0.340 e. The Hall–Kier alpha value is -1.39. The van der Waals surface area contributed by atoms with Crippen molar-refractivity contribution in [1.82, 2.24) is 15.1 Å². The third-order valence-corrected chi connectivity index (χ3v) is 3.32. The van der Waals surface area contributed by atoms with Gasteiger partial charge in [-0.25, -0.2) is 0 Å². The highest BCUT2D eigenvalue weighted by Crippen LogP contribution is 2.06. The molecule has 0 aromatic heterocycles. The topological polar surface area (TPSA) is 35.6 Å². The number of hydrogen-bond donors (Lipinski definition) is 1. The molecule has 1 aromatic rings. The van der Waals surface area contributed by atoms with E-state index in [2.05, 4.69) is 17.3 Å². The van der Waals surface area contributed by atoms with Gasteiger partial charge in [-0.3, -0.25) is 4.79 Å². The third-order valence-electron chi connectivity index (χ3n) is 3.32. The van der Waals surface area contributed by atoms with Crippen LogP contribution in [0.3, 0.4) is 0 Å². The Kier molecular flexibility index (Phi) is 4.33. The molecule has 1 aliphatic heterocycles. The van der Waals surface area contributed by atoms with Crippen LogP contribution < -0.4 is 5.32 Å². The summed E-state index contributed by atoms with van der Waals surface area (Å²) >= 11 is 0. The van der Waals surface area contributed by atoms with E-state index in [4.69, 9.17) is 0 Å². The molecular formula is C14H21N3O. The molecule has 4 nitrogen and oxygen atoms in total. The molecule has 0 radical (unpaired) electrons. The van der Waals surface area contributed by atoms with Crippen molar-refractivity contribution in [2.24, 2.45) is 0 Å². The van der Waals surface area contributed by atoms with Gasteiger partial charge in [-0.05, 0) is 12.6 Å². The first kappa shape index (κ1) is 13.1. The minimum Gasteiger partial charge on any atom is -0.340 e. The predicted octanol–water partition coefficient (Wildman–Crippen LogP) is 0.549. The van der Waals surface area contributed by atoms with E-state index in [1.165, 1.54) is 0 Å². The zero-order valence-corrected chi connectivity index (χ0v) is 11.1. The maximum Gasteiger partial charge on any atom is 0.241 e. The van der Waals surface area contributed by atoms with Gasteiger partial charge in [0.2, 0.25) is 5.91 Å². The Morgan fingerprint density at radius 1 is 1.44 bits per heavy atom. The Morgan fingerprint density at radius 3 is 2.83 bits per heavy atom. The van der Waals surface area contributed by atoms with Crippen LogP contribution in [0.25, 0.3) is 0 Å². The quantitative estimate of drug-likeness (QED) is 0.847. The van der Waals surface area contributed by atoms with Crippen LogP contribution in [0.2, 0.25) is 0 Å². The van der Waals surface area contributed by atoms with Crippen molar-refractivity contribution in [2.75, 3.05) is 33.7 Å². The SMILES string of the molecule is CN1CCNC(C(=O)N(C)Cc2ccccc2)C1. The molecule has 18 heavy (non-hydrogen) atoms. The van der Waals surface area contributed by atoms with Crippen LogP contribution in [-0.2, 0) is 11.3 Å². The van der Waals surface area contributed by atoms with Crippen LogP contribution in [-0.4, -0.2) is 55.5 Å². The normalized spacial score (nSPS) is 20.7. The lowest BCUT2D eigenvalue weighted by Crippen LogP contribution is -2.56. The van der Waals surface area contributed by atoms with E-state index in [1.807, 2.05) is 37.4 Å². The monoisotopic (exact) mass is 247 g/mol. The van der Waals surface area contributed by atoms with Crippen molar-refractivity contribution in [1.29, 1.82) is 0 Å². The number of piperazine rings is 1. The first-order valence-electron chi connectivity index (χ1n) is 6.37. The second-order valence-electron chi connectivity index (χ2n) is 4.95. The predicted molar refractivity (Wildman–Crippen MR) is 72.2 cm³/mol. The Balaban J connectivity index is 1.92. The summed E-state index contributed by atoms with van der Waals surface area (Å²) in [4.78, 5) is 16.3. The minimum absolute atomic E-state index is 0.0718. The number of carbonyl (C=O) groups is 1. The highest BCUT2D eigenvalue weighted by Gasteiger charge is 2.25. The summed E-state index contributed by atoms with van der Waals surface area (Å²) in [6.45, 7) is 3.35. The second-order valence-corrected chi connectivity index (χ2v) is 4.95. The molecule has 98 valence electrons. The highest BCUT2D eigenvalue weighted by molar-refractivity contribution is 5.82. The first-order chi connectivity index (χ1) is 8.66. The first-order valence-corrected chi connectivity index (χ1v) is 6.37. The molecule has 0 saturated carbocycles. The lowest BCUT2D eigenvalue weighted by molar-refractivity contribution is -0.133. The molecule has 0 spiro atoms. The van der Waals surface area contributed by atoms with Gasteiger partial charge in [0.15, 0.2) is 0 Å². The van der Waals surface area contributed by atoms with Crippen LogP contribution in [0.1, 0.15) is 5.56 Å². The van der Waals surface area contributed by atoms with Crippen molar-refractivity contribution >= 4 is 5.91 Å². The number of nitrogens with one attached hydrogen (secondary N) is 1. The van der Waals surface area contributed by atoms with E-state index in [0.29, 0.717) is 6.54 Å². The molecule has 0 aliphatic carbocycles. The number of rotatable bonds is 3. The van der Waals surface area contributed by atoms with E-state index in [0.717, 1.165) is 25.2 Å². The third kappa shape index (κ3) is 3.31. The number of nitrogens with zero attached hydrogens (tertiary/aromatic N) is 2. The van der Waals surface area contributed by atoms with Crippen molar-refractivity contribution in [3.05, 3.63) is 35.9 Å². The molecule has 1 aliphatic rings. The highest BCUT2D eigenvalue weighted by atomic mass is 16.2. The molecule has 1 unspecified atom stereocenters. The molecule has 2 rings (SSSR count). The summed E-state index contributed by atoms with van der Waals surface area (Å²) in [5, 5.41) is 3.28. The fourth-order valence-corrected chi connectivity index (χ4v) is 2.26. The van der Waals surface area contributed by atoms with Crippen LogP contribution in [0.4, 0.5) is 0 Å². The molecule has 1 atom stereocenters. The smallest absolute Gasteiger partial charge is 0.241 e. The van der Waals surface area contributed by atoms with Gasteiger partial charge in [0.1, 0.15) is 0 Å². The Labute approximate surface area is 109 Å². The molecule has 0 bridgehead atoms. The zero-order chi connectivity index (χ0) is 13.0. The van der Waals surface area contributed by atoms with Gasteiger partial charge in [-0.2, -0.15) is 0 Å². The number of benzene rings is 1. The van der Waals surface area contributed by atoms with E-state index in [-0.39, 0.29) is 11.9 Å². The van der Waals surface area contributed by atoms with E-state index in [1.54, 1.807) is 4.90 Å². The molecule has 1 amide bonds. The van der Waals surface area contributed by atoms with E-state index in [9.17, 15) is 4.79 Å². The zero-order valence-electron chi connectivity index (χ0n) is 11.1. The Bertz CT molecular complexity index is 393. The number of likely N-dealkylation sites (N-methyl/N-ethyl adjacent to an activating group) is 2. The molecule has 1 N–H and O–H groups in total. The van der Waals surface area contributed by atoms with Crippen LogP contribution in [0.15, 0.2) is 30.3 Å². The van der Waals surface area contributed by atoms with Crippen molar-refractivity contribution in [3.63, 3.8) is 0 Å². The summed E-state index contributed by atoms with van der Waals surface area (Å²) < 4.78 is 0. The molecule has 4 heteroatoms. The van der Waals surface area contributed by atoms with E-state index < -0.39 is 0 Å². The maximum atomic E-state index is 12.3. The summed E-state index contributed by atoms with van der Waals surface area (Å²) in [5.74, 6) is 0.172. The summed E-state index contributed by atoms with van der Waals surface area (Å²) in [7, 11) is 3.92.